The topological polar surface area (TPSA) is 140 Å². The van der Waals surface area contributed by atoms with E-state index in [-0.39, 0.29) is 11.8 Å². The summed E-state index contributed by atoms with van der Waals surface area (Å²) >= 11 is 1.14. The van der Waals surface area contributed by atoms with Gasteiger partial charge in [-0.2, -0.15) is 5.10 Å². The maximum atomic E-state index is 13.0. The summed E-state index contributed by atoms with van der Waals surface area (Å²) in [7, 11) is 1.82. The van der Waals surface area contributed by atoms with E-state index in [0.717, 1.165) is 55.9 Å². The number of alkyl carbamates (subject to hydrolysis) is 1. The third kappa shape index (κ3) is 8.34. The number of hydrogen-bond acceptors (Lipinski definition) is 9. The smallest absolute Gasteiger partial charge is 0.412 e. The molecule has 0 unspecified atom stereocenters. The van der Waals surface area contributed by atoms with Crippen LogP contribution >= 0.6 is 11.3 Å². The maximum Gasteiger partial charge on any atom is 0.412 e. The lowest BCUT2D eigenvalue weighted by Crippen LogP contribution is -2.39. The van der Waals surface area contributed by atoms with Gasteiger partial charge in [0.1, 0.15) is 16.3 Å². The molecule has 3 amide bonds. The van der Waals surface area contributed by atoms with Gasteiger partial charge in [-0.3, -0.25) is 14.8 Å². The van der Waals surface area contributed by atoms with Crippen molar-refractivity contribution >= 4 is 45.9 Å². The van der Waals surface area contributed by atoms with Gasteiger partial charge in [0, 0.05) is 26.7 Å². The van der Waals surface area contributed by atoms with Gasteiger partial charge in [-0.15, -0.1) is 11.3 Å². The summed E-state index contributed by atoms with van der Waals surface area (Å²) in [6.07, 6.45) is 4.18. The van der Waals surface area contributed by atoms with Crippen LogP contribution in [0.2, 0.25) is 0 Å². The number of rotatable bonds is 9. The van der Waals surface area contributed by atoms with Gasteiger partial charge in [0.15, 0.2) is 11.5 Å². The van der Waals surface area contributed by atoms with Gasteiger partial charge in [0.2, 0.25) is 0 Å². The SMILES string of the molecule is CCCCOC(=O)NCC1CCN(c2c(NC(=O)c3ncsc3NC(=O)OC(C)(C)C)cnn2C)CC1. The van der Waals surface area contributed by atoms with Crippen LogP contribution < -0.4 is 20.9 Å². The molecular weight excluding hydrogens is 498 g/mol. The number of aryl methyl sites for hydroxylation is 1. The highest BCUT2D eigenvalue weighted by Crippen LogP contribution is 2.30. The van der Waals surface area contributed by atoms with E-state index >= 15 is 0 Å². The van der Waals surface area contributed by atoms with Crippen LogP contribution in [0.5, 0.6) is 0 Å². The zero-order valence-electron chi connectivity index (χ0n) is 22.1. The molecule has 12 nitrogen and oxygen atoms in total. The lowest BCUT2D eigenvalue weighted by molar-refractivity contribution is 0.0636. The molecule has 1 aliphatic heterocycles. The molecule has 2 aromatic heterocycles. The normalized spacial score (nSPS) is 14.2. The molecular formula is C24H37N7O5S. The molecule has 2 aromatic rings. The van der Waals surface area contributed by atoms with E-state index in [9.17, 15) is 14.4 Å². The minimum atomic E-state index is -0.663. The number of unbranched alkanes of at least 4 members (excludes halogenated alkanes) is 1. The van der Waals surface area contributed by atoms with Gasteiger partial charge in [-0.25, -0.2) is 14.6 Å². The van der Waals surface area contributed by atoms with Gasteiger partial charge >= 0.3 is 12.2 Å². The van der Waals surface area contributed by atoms with Crippen LogP contribution in [0.1, 0.15) is 63.9 Å². The van der Waals surface area contributed by atoms with Gasteiger partial charge in [-0.1, -0.05) is 13.3 Å². The van der Waals surface area contributed by atoms with Gasteiger partial charge in [0.25, 0.3) is 5.91 Å². The molecule has 1 aliphatic rings. The first-order valence-corrected chi connectivity index (χ1v) is 13.4. The summed E-state index contributed by atoms with van der Waals surface area (Å²) in [4.78, 5) is 43.3. The highest BCUT2D eigenvalue weighted by molar-refractivity contribution is 7.14. The number of amides is 3. The Morgan fingerprint density at radius 2 is 1.89 bits per heavy atom. The minimum Gasteiger partial charge on any atom is -0.450 e. The van der Waals surface area contributed by atoms with Gasteiger partial charge < -0.3 is 25.0 Å². The highest BCUT2D eigenvalue weighted by Gasteiger charge is 2.26. The fraction of sp³-hybridized carbons (Fsp3) is 0.625. The number of nitrogens with zero attached hydrogens (tertiary/aromatic N) is 4. The molecule has 0 radical (unpaired) electrons. The van der Waals surface area contributed by atoms with E-state index in [1.165, 1.54) is 5.51 Å². The molecule has 0 aliphatic carbocycles. The third-order valence-corrected chi connectivity index (χ3v) is 6.47. The fourth-order valence-electron chi connectivity index (χ4n) is 3.91. The third-order valence-electron chi connectivity index (χ3n) is 5.73. The lowest BCUT2D eigenvalue weighted by atomic mass is 9.97. The van der Waals surface area contributed by atoms with Crippen molar-refractivity contribution in [3.8, 4) is 0 Å². The summed E-state index contributed by atoms with van der Waals surface area (Å²) in [5.74, 6) is 0.676. The summed E-state index contributed by atoms with van der Waals surface area (Å²) in [5.41, 5.74) is 1.48. The van der Waals surface area contributed by atoms with Crippen molar-refractivity contribution in [3.05, 3.63) is 17.4 Å². The minimum absolute atomic E-state index is 0.0984. The predicted octanol–water partition coefficient (Wildman–Crippen LogP) is 4.22. The summed E-state index contributed by atoms with van der Waals surface area (Å²) < 4.78 is 12.2. The van der Waals surface area contributed by atoms with Crippen LogP contribution in [0, 0.1) is 5.92 Å². The molecule has 3 rings (SSSR count). The largest absolute Gasteiger partial charge is 0.450 e. The first kappa shape index (κ1) is 28.2. The van der Waals surface area contributed by atoms with E-state index in [2.05, 4.69) is 30.9 Å². The Morgan fingerprint density at radius 1 is 1.16 bits per heavy atom. The molecule has 204 valence electrons. The van der Waals surface area contributed by atoms with Crippen LogP contribution in [-0.2, 0) is 16.5 Å². The molecule has 0 atom stereocenters. The second-order valence-corrected chi connectivity index (χ2v) is 10.8. The number of piperidine rings is 1. The number of aromatic nitrogens is 3. The highest BCUT2D eigenvalue weighted by atomic mass is 32.1. The fourth-order valence-corrected chi connectivity index (χ4v) is 4.57. The van der Waals surface area contributed by atoms with E-state index in [1.54, 1.807) is 31.6 Å². The Labute approximate surface area is 221 Å². The molecule has 37 heavy (non-hydrogen) atoms. The summed E-state index contributed by atoms with van der Waals surface area (Å²) in [6, 6.07) is 0. The number of carbonyl (C=O) groups excluding carboxylic acids is 3. The molecule has 3 N–H and O–H groups in total. The quantitative estimate of drug-likeness (QED) is 0.406. The zero-order valence-corrected chi connectivity index (χ0v) is 22.9. The summed E-state index contributed by atoms with van der Waals surface area (Å²) in [6.45, 7) is 9.86. The molecule has 3 heterocycles. The molecule has 13 heteroatoms. The van der Waals surface area contributed by atoms with Crippen LogP contribution in [0.25, 0.3) is 0 Å². The Balaban J connectivity index is 1.56. The van der Waals surface area contributed by atoms with Crippen LogP contribution in [0.15, 0.2) is 11.7 Å². The molecule has 0 spiro atoms. The first-order valence-electron chi connectivity index (χ1n) is 12.5. The van der Waals surface area contributed by atoms with E-state index in [0.29, 0.717) is 29.8 Å². The number of hydrogen-bond donors (Lipinski definition) is 3. The number of anilines is 3. The Bertz CT molecular complexity index is 1070. The number of carbonyl (C=O) groups is 3. The Morgan fingerprint density at radius 3 is 2.57 bits per heavy atom. The monoisotopic (exact) mass is 535 g/mol. The summed E-state index contributed by atoms with van der Waals surface area (Å²) in [5, 5.41) is 13.0. The van der Waals surface area contributed by atoms with Crippen molar-refractivity contribution in [2.45, 2.75) is 59.0 Å². The van der Waals surface area contributed by atoms with Gasteiger partial charge in [-0.05, 0) is 46.0 Å². The van der Waals surface area contributed by atoms with E-state index in [1.807, 2.05) is 14.0 Å². The standard InChI is InChI=1S/C24H37N7O5S/c1-6-7-12-35-22(33)25-13-16-8-10-31(11-9-16)21-17(14-27-30(21)5)28-19(32)18-20(37-15-26-18)29-23(34)36-24(2,3)4/h14-16H,6-13H2,1-5H3,(H,25,33)(H,28,32)(H,29,34). The Kier molecular flexibility index (Phi) is 9.73. The molecule has 0 saturated carbocycles. The van der Waals surface area contributed by atoms with Crippen molar-refractivity contribution in [1.82, 2.24) is 20.1 Å². The van der Waals surface area contributed by atoms with Gasteiger partial charge in [0.05, 0.1) is 18.3 Å². The van der Waals surface area contributed by atoms with E-state index < -0.39 is 17.6 Å². The molecule has 0 aromatic carbocycles. The van der Waals surface area contributed by atoms with Crippen LogP contribution in [0.4, 0.5) is 26.1 Å². The molecule has 1 saturated heterocycles. The van der Waals surface area contributed by atoms with Crippen LogP contribution in [0.3, 0.4) is 0 Å². The van der Waals surface area contributed by atoms with Crippen molar-refractivity contribution in [1.29, 1.82) is 0 Å². The number of nitrogens with one attached hydrogen (secondary N) is 3. The zero-order chi connectivity index (χ0) is 27.0. The first-order chi connectivity index (χ1) is 17.6. The number of thiazole rings is 1. The van der Waals surface area contributed by atoms with Crippen molar-refractivity contribution < 1.29 is 23.9 Å². The lowest BCUT2D eigenvalue weighted by Gasteiger charge is -2.33. The van der Waals surface area contributed by atoms with Crippen LogP contribution in [-0.4, -0.2) is 64.7 Å². The molecule has 1 fully saturated rings. The average molecular weight is 536 g/mol. The molecule has 0 bridgehead atoms. The second-order valence-electron chi connectivity index (χ2n) is 9.92. The van der Waals surface area contributed by atoms with Crippen molar-refractivity contribution in [3.63, 3.8) is 0 Å². The van der Waals surface area contributed by atoms with E-state index in [4.69, 9.17) is 9.47 Å². The predicted molar refractivity (Wildman–Crippen MR) is 142 cm³/mol. The van der Waals surface area contributed by atoms with Crippen molar-refractivity contribution in [2.24, 2.45) is 13.0 Å². The average Bonchev–Trinajstić information content (AvgIpc) is 3.43. The number of ether oxygens (including phenoxy) is 2. The Hall–Kier alpha value is -3.35. The maximum absolute atomic E-state index is 13.0. The van der Waals surface area contributed by atoms with Crippen molar-refractivity contribution in [2.75, 3.05) is 41.8 Å². The second kappa shape index (κ2) is 12.7.